The first-order valence-electron chi connectivity index (χ1n) is 5.60. The first kappa shape index (κ1) is 12.4. The molecule has 0 aromatic heterocycles. The molecule has 0 bridgehead atoms. The van der Waals surface area contributed by atoms with Gasteiger partial charge in [0.25, 0.3) is 0 Å². The van der Waals surface area contributed by atoms with E-state index in [2.05, 4.69) is 15.1 Å². The minimum absolute atomic E-state index is 0.201. The van der Waals surface area contributed by atoms with Gasteiger partial charge in [-0.1, -0.05) is 0 Å². The summed E-state index contributed by atoms with van der Waals surface area (Å²) in [4.78, 5) is 15.4. The molecular weight excluding hydrogens is 192 g/mol. The van der Waals surface area contributed by atoms with Gasteiger partial charge >= 0.3 is 0 Å². The van der Waals surface area contributed by atoms with Crippen LogP contribution < -0.4 is 11.1 Å². The smallest absolute Gasteiger partial charge is 0.218 e. The highest BCUT2D eigenvalue weighted by atomic mass is 16.1. The highest BCUT2D eigenvalue weighted by molar-refractivity contribution is 5.73. The molecule has 1 saturated heterocycles. The van der Waals surface area contributed by atoms with Gasteiger partial charge in [-0.3, -0.25) is 9.69 Å². The monoisotopic (exact) mass is 214 g/mol. The molecule has 15 heavy (non-hydrogen) atoms. The van der Waals surface area contributed by atoms with Crippen molar-refractivity contribution in [1.29, 1.82) is 0 Å². The van der Waals surface area contributed by atoms with Gasteiger partial charge in [-0.25, -0.2) is 0 Å². The minimum atomic E-state index is -0.201. The van der Waals surface area contributed by atoms with E-state index >= 15 is 0 Å². The van der Waals surface area contributed by atoms with Gasteiger partial charge in [0.2, 0.25) is 5.91 Å². The van der Waals surface area contributed by atoms with Gasteiger partial charge in [0, 0.05) is 52.2 Å². The fourth-order valence-electron chi connectivity index (χ4n) is 1.77. The van der Waals surface area contributed by atoms with Crippen molar-refractivity contribution in [2.24, 2.45) is 5.73 Å². The zero-order valence-corrected chi connectivity index (χ0v) is 9.54. The molecule has 3 N–H and O–H groups in total. The second-order valence-corrected chi connectivity index (χ2v) is 4.00. The molecule has 0 radical (unpaired) electrons. The maximum atomic E-state index is 10.6. The Morgan fingerprint density at radius 1 is 1.20 bits per heavy atom. The van der Waals surface area contributed by atoms with Crippen LogP contribution in [0.4, 0.5) is 0 Å². The molecule has 0 saturated carbocycles. The van der Waals surface area contributed by atoms with Crippen LogP contribution in [0.5, 0.6) is 0 Å². The van der Waals surface area contributed by atoms with Crippen molar-refractivity contribution in [1.82, 2.24) is 15.1 Å². The number of carbonyl (C=O) groups is 1. The summed E-state index contributed by atoms with van der Waals surface area (Å²) < 4.78 is 0. The lowest BCUT2D eigenvalue weighted by molar-refractivity contribution is -0.118. The fourth-order valence-corrected chi connectivity index (χ4v) is 1.77. The van der Waals surface area contributed by atoms with Crippen molar-refractivity contribution < 1.29 is 4.79 Å². The van der Waals surface area contributed by atoms with E-state index < -0.39 is 0 Å². The number of primary amides is 1. The summed E-state index contributed by atoms with van der Waals surface area (Å²) in [6.45, 7) is 7.27. The van der Waals surface area contributed by atoms with Crippen LogP contribution in [0, 0.1) is 0 Å². The predicted octanol–water partition coefficient (Wildman–Crippen LogP) is -1.30. The van der Waals surface area contributed by atoms with Crippen molar-refractivity contribution in [2.45, 2.75) is 6.42 Å². The Morgan fingerprint density at radius 3 is 2.20 bits per heavy atom. The van der Waals surface area contributed by atoms with Crippen LogP contribution in [-0.2, 0) is 4.79 Å². The summed E-state index contributed by atoms with van der Waals surface area (Å²) in [7, 11) is 1.98. The first-order valence-corrected chi connectivity index (χ1v) is 5.60. The lowest BCUT2D eigenvalue weighted by atomic mass is 10.3. The standard InChI is InChI=1S/C10H22N4O/c1-12-3-5-14-8-6-13(7-9-14)4-2-10(11)15/h12H,2-9H2,1H3,(H2,11,15). The number of amides is 1. The van der Waals surface area contributed by atoms with Crippen LogP contribution in [0.25, 0.3) is 0 Å². The SMILES string of the molecule is CNCCN1CCN(CCC(N)=O)CC1. The number of nitrogens with zero attached hydrogens (tertiary/aromatic N) is 2. The maximum Gasteiger partial charge on any atom is 0.218 e. The van der Waals surface area contributed by atoms with Crippen LogP contribution in [0.2, 0.25) is 0 Å². The summed E-state index contributed by atoms with van der Waals surface area (Å²) in [6, 6.07) is 0. The number of piperazine rings is 1. The molecule has 0 aromatic carbocycles. The van der Waals surface area contributed by atoms with Gasteiger partial charge in [-0.05, 0) is 7.05 Å². The average molecular weight is 214 g/mol. The van der Waals surface area contributed by atoms with Gasteiger partial charge in [0.15, 0.2) is 0 Å². The molecule has 0 spiro atoms. The van der Waals surface area contributed by atoms with Gasteiger partial charge in [-0.15, -0.1) is 0 Å². The first-order chi connectivity index (χ1) is 7.22. The molecule has 1 fully saturated rings. The van der Waals surface area contributed by atoms with E-state index in [0.29, 0.717) is 6.42 Å². The van der Waals surface area contributed by atoms with Gasteiger partial charge < -0.3 is 16.0 Å². The fraction of sp³-hybridized carbons (Fsp3) is 0.900. The molecule has 5 nitrogen and oxygen atoms in total. The number of rotatable bonds is 6. The normalized spacial score (nSPS) is 19.3. The Hall–Kier alpha value is -0.650. The van der Waals surface area contributed by atoms with Crippen LogP contribution in [0.1, 0.15) is 6.42 Å². The van der Waals surface area contributed by atoms with Gasteiger partial charge in [-0.2, -0.15) is 0 Å². The maximum absolute atomic E-state index is 10.6. The highest BCUT2D eigenvalue weighted by Gasteiger charge is 2.15. The predicted molar refractivity (Wildman–Crippen MR) is 60.6 cm³/mol. The quantitative estimate of drug-likeness (QED) is 0.577. The molecular formula is C10H22N4O. The number of likely N-dealkylation sites (N-methyl/N-ethyl adjacent to an activating group) is 1. The topological polar surface area (TPSA) is 61.6 Å². The number of hydrogen-bond donors (Lipinski definition) is 2. The van der Waals surface area contributed by atoms with Crippen LogP contribution in [0.15, 0.2) is 0 Å². The van der Waals surface area contributed by atoms with Crippen LogP contribution in [0.3, 0.4) is 0 Å². The molecule has 1 rings (SSSR count). The second-order valence-electron chi connectivity index (χ2n) is 4.00. The Kier molecular flexibility index (Phi) is 5.60. The average Bonchev–Trinajstić information content (AvgIpc) is 2.25. The summed E-state index contributed by atoms with van der Waals surface area (Å²) in [6.07, 6.45) is 0.483. The number of nitrogens with two attached hydrogens (primary N) is 1. The van der Waals surface area contributed by atoms with E-state index in [4.69, 9.17) is 5.73 Å². The summed E-state index contributed by atoms with van der Waals surface area (Å²) in [5.74, 6) is -0.201. The molecule has 0 aliphatic carbocycles. The molecule has 0 atom stereocenters. The molecule has 88 valence electrons. The number of hydrogen-bond acceptors (Lipinski definition) is 4. The van der Waals surface area contributed by atoms with E-state index in [0.717, 1.165) is 45.8 Å². The summed E-state index contributed by atoms with van der Waals surface area (Å²) in [5.41, 5.74) is 5.12. The zero-order chi connectivity index (χ0) is 11.1. The Balaban J connectivity index is 2.09. The largest absolute Gasteiger partial charge is 0.370 e. The van der Waals surface area contributed by atoms with Crippen molar-refractivity contribution >= 4 is 5.91 Å². The van der Waals surface area contributed by atoms with E-state index in [-0.39, 0.29) is 5.91 Å². The highest BCUT2D eigenvalue weighted by Crippen LogP contribution is 2.01. The van der Waals surface area contributed by atoms with Gasteiger partial charge in [0.1, 0.15) is 0 Å². The molecule has 1 aliphatic rings. The molecule has 1 heterocycles. The molecule has 5 heteroatoms. The van der Waals surface area contributed by atoms with E-state index in [1.807, 2.05) is 7.05 Å². The van der Waals surface area contributed by atoms with Crippen molar-refractivity contribution in [3.05, 3.63) is 0 Å². The van der Waals surface area contributed by atoms with Crippen LogP contribution >= 0.6 is 0 Å². The third-order valence-electron chi connectivity index (χ3n) is 2.82. The van der Waals surface area contributed by atoms with Crippen molar-refractivity contribution in [3.8, 4) is 0 Å². The summed E-state index contributed by atoms with van der Waals surface area (Å²) >= 11 is 0. The minimum Gasteiger partial charge on any atom is -0.370 e. The zero-order valence-electron chi connectivity index (χ0n) is 9.54. The van der Waals surface area contributed by atoms with E-state index in [9.17, 15) is 4.79 Å². The van der Waals surface area contributed by atoms with E-state index in [1.165, 1.54) is 0 Å². The van der Waals surface area contributed by atoms with Crippen LogP contribution in [-0.4, -0.2) is 68.6 Å². The molecule has 0 unspecified atom stereocenters. The van der Waals surface area contributed by atoms with Gasteiger partial charge in [0.05, 0.1) is 0 Å². The lowest BCUT2D eigenvalue weighted by Gasteiger charge is -2.34. The Morgan fingerprint density at radius 2 is 1.73 bits per heavy atom. The lowest BCUT2D eigenvalue weighted by Crippen LogP contribution is -2.48. The van der Waals surface area contributed by atoms with Crippen molar-refractivity contribution in [2.75, 3.05) is 52.9 Å². The number of nitrogens with one attached hydrogen (secondary N) is 1. The number of carbonyl (C=O) groups excluding carboxylic acids is 1. The molecule has 1 amide bonds. The molecule has 1 aliphatic heterocycles. The second kappa shape index (κ2) is 6.76. The third kappa shape index (κ3) is 5.11. The Bertz CT molecular complexity index is 190. The van der Waals surface area contributed by atoms with E-state index in [1.54, 1.807) is 0 Å². The summed E-state index contributed by atoms with van der Waals surface area (Å²) in [5, 5.41) is 3.15. The molecule has 0 aromatic rings. The Labute approximate surface area is 91.6 Å². The third-order valence-corrected chi connectivity index (χ3v) is 2.82. The van der Waals surface area contributed by atoms with Crippen molar-refractivity contribution in [3.63, 3.8) is 0 Å².